The van der Waals surface area contributed by atoms with Crippen LogP contribution in [0.5, 0.6) is 0 Å². The summed E-state index contributed by atoms with van der Waals surface area (Å²) in [6.45, 7) is 4.08. The maximum Gasteiger partial charge on any atom is 0.322 e. The van der Waals surface area contributed by atoms with Gasteiger partial charge in [-0.3, -0.25) is 9.69 Å². The second-order valence-electron chi connectivity index (χ2n) is 4.03. The molecule has 1 aromatic heterocycles. The first kappa shape index (κ1) is 11.2. The predicted octanol–water partition coefficient (Wildman–Crippen LogP) is 0.699. The highest BCUT2D eigenvalue weighted by molar-refractivity contribution is 5.73. The van der Waals surface area contributed by atoms with Crippen LogP contribution in [0, 0.1) is 0 Å². The van der Waals surface area contributed by atoms with Crippen molar-refractivity contribution in [3.05, 3.63) is 24.2 Å². The first-order chi connectivity index (χ1) is 7.68. The topological polar surface area (TPSA) is 65.7 Å². The average molecular weight is 224 g/mol. The highest BCUT2D eigenvalue weighted by Crippen LogP contribution is 2.21. The summed E-state index contributed by atoms with van der Waals surface area (Å²) in [5, 5.41) is 11.9. The molecule has 0 bridgehead atoms. The molecule has 5 heteroatoms. The molecular formula is C11H16N2O3. The quantitative estimate of drug-likeness (QED) is 0.791. The Balaban J connectivity index is 2.01. The van der Waals surface area contributed by atoms with Crippen LogP contribution in [0.4, 0.5) is 0 Å². The van der Waals surface area contributed by atoms with Gasteiger partial charge in [0.2, 0.25) is 0 Å². The molecule has 0 aromatic carbocycles. The maximum absolute atomic E-state index is 10.9. The van der Waals surface area contributed by atoms with Crippen molar-refractivity contribution in [2.75, 3.05) is 19.6 Å². The van der Waals surface area contributed by atoms with Crippen LogP contribution in [-0.4, -0.2) is 41.7 Å². The lowest BCUT2D eigenvalue weighted by atomic mass is 10.1. The van der Waals surface area contributed by atoms with E-state index in [1.54, 1.807) is 6.26 Å². The lowest BCUT2D eigenvalue weighted by Crippen LogP contribution is -2.54. The highest BCUT2D eigenvalue weighted by atomic mass is 16.4. The summed E-state index contributed by atoms with van der Waals surface area (Å²) in [6.07, 6.45) is 1.64. The van der Waals surface area contributed by atoms with E-state index in [-0.39, 0.29) is 6.04 Å². The minimum absolute atomic E-state index is 0.124. The number of carbonyl (C=O) groups is 1. The van der Waals surface area contributed by atoms with Crippen molar-refractivity contribution in [1.29, 1.82) is 0 Å². The first-order valence-corrected chi connectivity index (χ1v) is 5.42. The normalized spacial score (nSPS) is 24.2. The fourth-order valence-electron chi connectivity index (χ4n) is 2.00. The van der Waals surface area contributed by atoms with E-state index >= 15 is 0 Å². The van der Waals surface area contributed by atoms with Crippen molar-refractivity contribution in [2.24, 2.45) is 0 Å². The van der Waals surface area contributed by atoms with Crippen LogP contribution < -0.4 is 5.32 Å². The van der Waals surface area contributed by atoms with Gasteiger partial charge in [-0.25, -0.2) is 0 Å². The molecule has 0 amide bonds. The first-order valence-electron chi connectivity index (χ1n) is 5.42. The van der Waals surface area contributed by atoms with Crippen LogP contribution in [0.25, 0.3) is 0 Å². The van der Waals surface area contributed by atoms with Crippen LogP contribution in [0.15, 0.2) is 22.8 Å². The van der Waals surface area contributed by atoms with E-state index in [0.717, 1.165) is 12.3 Å². The third-order valence-electron chi connectivity index (χ3n) is 3.01. The Bertz CT molecular complexity index is 350. The molecule has 1 fully saturated rings. The molecule has 0 aliphatic carbocycles. The van der Waals surface area contributed by atoms with Crippen molar-refractivity contribution < 1.29 is 14.3 Å². The molecule has 0 unspecified atom stereocenters. The van der Waals surface area contributed by atoms with Gasteiger partial charge in [0.25, 0.3) is 0 Å². The van der Waals surface area contributed by atoms with E-state index in [9.17, 15) is 4.79 Å². The molecule has 0 radical (unpaired) electrons. The number of carboxylic acid groups (broad SMARTS) is 1. The number of carboxylic acids is 1. The van der Waals surface area contributed by atoms with Crippen LogP contribution in [0.3, 0.4) is 0 Å². The molecule has 5 nitrogen and oxygen atoms in total. The zero-order chi connectivity index (χ0) is 11.5. The number of aliphatic carboxylic acids is 1. The molecule has 1 aliphatic rings. The summed E-state index contributed by atoms with van der Waals surface area (Å²) in [5.74, 6) is 0.0855. The monoisotopic (exact) mass is 224 g/mol. The Morgan fingerprint density at radius 1 is 1.75 bits per heavy atom. The zero-order valence-electron chi connectivity index (χ0n) is 9.22. The number of piperazine rings is 1. The molecule has 2 rings (SSSR count). The van der Waals surface area contributed by atoms with Crippen molar-refractivity contribution in [1.82, 2.24) is 10.2 Å². The summed E-state index contributed by atoms with van der Waals surface area (Å²) < 4.78 is 5.33. The number of nitrogens with one attached hydrogen (secondary N) is 1. The van der Waals surface area contributed by atoms with Gasteiger partial charge >= 0.3 is 5.97 Å². The third-order valence-corrected chi connectivity index (χ3v) is 3.01. The Kier molecular flexibility index (Phi) is 3.26. The number of hydrogen-bond donors (Lipinski definition) is 2. The van der Waals surface area contributed by atoms with E-state index in [1.807, 2.05) is 19.1 Å². The minimum Gasteiger partial charge on any atom is -0.480 e. The van der Waals surface area contributed by atoms with Gasteiger partial charge in [-0.15, -0.1) is 0 Å². The molecular weight excluding hydrogens is 208 g/mol. The smallest absolute Gasteiger partial charge is 0.322 e. The molecule has 2 N–H and O–H groups in total. The second-order valence-corrected chi connectivity index (χ2v) is 4.03. The summed E-state index contributed by atoms with van der Waals surface area (Å²) in [6, 6.07) is 3.41. The van der Waals surface area contributed by atoms with Gasteiger partial charge in [-0.2, -0.15) is 0 Å². The van der Waals surface area contributed by atoms with Crippen LogP contribution in [0.2, 0.25) is 0 Å². The summed E-state index contributed by atoms with van der Waals surface area (Å²) in [7, 11) is 0. The van der Waals surface area contributed by atoms with Crippen LogP contribution >= 0.6 is 0 Å². The fourth-order valence-corrected chi connectivity index (χ4v) is 2.00. The molecule has 1 saturated heterocycles. The SMILES string of the molecule is C[C@H](c1ccco1)N1CCN[C@@H](C(=O)O)C1. The largest absolute Gasteiger partial charge is 0.480 e. The lowest BCUT2D eigenvalue weighted by Gasteiger charge is -2.34. The summed E-state index contributed by atoms with van der Waals surface area (Å²) in [4.78, 5) is 13.0. The highest BCUT2D eigenvalue weighted by Gasteiger charge is 2.28. The lowest BCUT2D eigenvalue weighted by molar-refractivity contribution is -0.141. The molecule has 2 atom stereocenters. The van der Waals surface area contributed by atoms with Gasteiger partial charge < -0.3 is 14.8 Å². The summed E-state index contributed by atoms with van der Waals surface area (Å²) in [5.41, 5.74) is 0. The number of nitrogens with zero attached hydrogens (tertiary/aromatic N) is 1. The zero-order valence-corrected chi connectivity index (χ0v) is 9.22. The molecule has 16 heavy (non-hydrogen) atoms. The van der Waals surface area contributed by atoms with E-state index < -0.39 is 12.0 Å². The standard InChI is InChI=1S/C11H16N2O3/c1-8(10-3-2-6-16-10)13-5-4-12-9(7-13)11(14)15/h2-3,6,8-9,12H,4-5,7H2,1H3,(H,14,15)/t8-,9-/m1/s1. The number of rotatable bonds is 3. The van der Waals surface area contributed by atoms with Gasteiger partial charge in [0.1, 0.15) is 11.8 Å². The van der Waals surface area contributed by atoms with E-state index in [4.69, 9.17) is 9.52 Å². The molecule has 88 valence electrons. The van der Waals surface area contributed by atoms with Crippen molar-refractivity contribution in [3.8, 4) is 0 Å². The van der Waals surface area contributed by atoms with E-state index in [1.165, 1.54) is 0 Å². The van der Waals surface area contributed by atoms with Crippen molar-refractivity contribution in [3.63, 3.8) is 0 Å². The molecule has 0 spiro atoms. The van der Waals surface area contributed by atoms with Gasteiger partial charge in [-0.05, 0) is 19.1 Å². The van der Waals surface area contributed by atoms with Gasteiger partial charge in [0, 0.05) is 19.6 Å². The Hall–Kier alpha value is -1.33. The van der Waals surface area contributed by atoms with Crippen LogP contribution in [-0.2, 0) is 4.79 Å². The van der Waals surface area contributed by atoms with Gasteiger partial charge in [0.05, 0.1) is 12.3 Å². The maximum atomic E-state index is 10.9. The Morgan fingerprint density at radius 2 is 2.56 bits per heavy atom. The third kappa shape index (κ3) is 2.25. The predicted molar refractivity (Wildman–Crippen MR) is 58.1 cm³/mol. The number of hydrogen-bond acceptors (Lipinski definition) is 4. The molecule has 2 heterocycles. The molecule has 0 saturated carbocycles. The fraction of sp³-hybridized carbons (Fsp3) is 0.545. The van der Waals surface area contributed by atoms with Gasteiger partial charge in [0.15, 0.2) is 0 Å². The van der Waals surface area contributed by atoms with Gasteiger partial charge in [-0.1, -0.05) is 0 Å². The van der Waals surface area contributed by atoms with E-state index in [2.05, 4.69) is 10.2 Å². The minimum atomic E-state index is -0.795. The van der Waals surface area contributed by atoms with Crippen molar-refractivity contribution >= 4 is 5.97 Å². The summed E-state index contributed by atoms with van der Waals surface area (Å²) >= 11 is 0. The molecule has 1 aliphatic heterocycles. The Morgan fingerprint density at radius 3 is 3.19 bits per heavy atom. The number of furan rings is 1. The second kappa shape index (κ2) is 4.67. The van der Waals surface area contributed by atoms with E-state index in [0.29, 0.717) is 13.1 Å². The average Bonchev–Trinajstić information content (AvgIpc) is 2.81. The van der Waals surface area contributed by atoms with Crippen molar-refractivity contribution in [2.45, 2.75) is 19.0 Å². The molecule has 1 aromatic rings. The van der Waals surface area contributed by atoms with Crippen LogP contribution in [0.1, 0.15) is 18.7 Å². The Labute approximate surface area is 94.0 Å².